The molecule has 2 aromatic carbocycles. The number of carbonyl (C=O) groups excluding carboxylic acids is 2. The number of ether oxygens (including phenoxy) is 1. The summed E-state index contributed by atoms with van der Waals surface area (Å²) in [6.07, 6.45) is 8.02. The van der Waals surface area contributed by atoms with Crippen LogP contribution in [0.1, 0.15) is 85.2 Å². The van der Waals surface area contributed by atoms with Crippen LogP contribution in [-0.4, -0.2) is 65.0 Å². The lowest BCUT2D eigenvalue weighted by molar-refractivity contribution is -0.140. The summed E-state index contributed by atoms with van der Waals surface area (Å²) in [5.41, 5.74) is 8.48. The normalized spacial score (nSPS) is 28.3. The summed E-state index contributed by atoms with van der Waals surface area (Å²) in [5.74, 6) is 7.03. The minimum Gasteiger partial charge on any atom is -0.497 e. The highest BCUT2D eigenvalue weighted by atomic mass is 16.5. The van der Waals surface area contributed by atoms with Gasteiger partial charge in [-0.25, -0.2) is 5.84 Å². The molecule has 2 saturated carbocycles. The molecule has 2 saturated heterocycles. The van der Waals surface area contributed by atoms with Crippen LogP contribution in [0.2, 0.25) is 0 Å². The van der Waals surface area contributed by atoms with Crippen LogP contribution in [0.4, 0.5) is 0 Å². The fourth-order valence-corrected chi connectivity index (χ4v) is 9.18. The SMILES string of the molecule is CCN1CC2CC1CN2C(=O)C12CC1c1cc(OC)ccc1-c1c(C3CCCCC3)c3ccc(C(=O)NN)cc3n1C2. The average molecular weight is 568 g/mol. The Bertz CT molecular complexity index is 1610. The molecule has 8 nitrogen and oxygen atoms in total. The van der Waals surface area contributed by atoms with Crippen molar-refractivity contribution in [2.45, 2.75) is 82.3 Å². The third kappa shape index (κ3) is 3.67. The number of nitrogens with one attached hydrogen (secondary N) is 1. The second-order valence-corrected chi connectivity index (χ2v) is 13.3. The Morgan fingerprint density at radius 1 is 1.07 bits per heavy atom. The van der Waals surface area contributed by atoms with Gasteiger partial charge in [-0.3, -0.25) is 19.9 Å². The lowest BCUT2D eigenvalue weighted by atomic mass is 9.81. The van der Waals surface area contributed by atoms with E-state index in [0.717, 1.165) is 43.7 Å². The van der Waals surface area contributed by atoms with Gasteiger partial charge in [0.05, 0.1) is 18.2 Å². The van der Waals surface area contributed by atoms with Gasteiger partial charge >= 0.3 is 0 Å². The van der Waals surface area contributed by atoms with Crippen molar-refractivity contribution in [1.29, 1.82) is 0 Å². The van der Waals surface area contributed by atoms with E-state index in [0.29, 0.717) is 36.0 Å². The zero-order valence-electron chi connectivity index (χ0n) is 24.7. The Morgan fingerprint density at radius 2 is 1.90 bits per heavy atom. The number of piperazine rings is 1. The van der Waals surface area contributed by atoms with Gasteiger partial charge in [-0.2, -0.15) is 0 Å². The summed E-state index contributed by atoms with van der Waals surface area (Å²) in [7, 11) is 1.72. The van der Waals surface area contributed by atoms with Gasteiger partial charge in [0.15, 0.2) is 0 Å². The largest absolute Gasteiger partial charge is 0.497 e. The highest BCUT2D eigenvalue weighted by Gasteiger charge is 2.65. The van der Waals surface area contributed by atoms with Crippen LogP contribution in [0.15, 0.2) is 36.4 Å². The number of nitrogens with two attached hydrogens (primary N) is 1. The molecule has 2 aliphatic carbocycles. The van der Waals surface area contributed by atoms with E-state index in [9.17, 15) is 9.59 Å². The molecule has 8 heteroatoms. The molecule has 4 unspecified atom stereocenters. The number of likely N-dealkylation sites (N-methyl/N-ethyl adjacent to an activating group) is 1. The Balaban J connectivity index is 1.33. The first-order valence-electron chi connectivity index (χ1n) is 15.9. The topological polar surface area (TPSA) is 92.8 Å². The van der Waals surface area contributed by atoms with Crippen molar-refractivity contribution in [2.24, 2.45) is 11.3 Å². The quantitative estimate of drug-likeness (QED) is 0.264. The number of carbonyl (C=O) groups is 2. The Labute approximate surface area is 247 Å². The Morgan fingerprint density at radius 3 is 2.62 bits per heavy atom. The monoisotopic (exact) mass is 567 g/mol. The summed E-state index contributed by atoms with van der Waals surface area (Å²) < 4.78 is 8.14. The Kier molecular flexibility index (Phi) is 5.99. The van der Waals surface area contributed by atoms with E-state index in [-0.39, 0.29) is 11.8 Å². The molecule has 220 valence electrons. The number of likely N-dealkylation sites (tertiary alicyclic amines) is 2. The molecule has 42 heavy (non-hydrogen) atoms. The molecule has 2 bridgehead atoms. The first-order chi connectivity index (χ1) is 20.5. The number of nitrogens with zero attached hydrogens (tertiary/aromatic N) is 3. The highest BCUT2D eigenvalue weighted by Crippen LogP contribution is 2.66. The van der Waals surface area contributed by atoms with Crippen molar-refractivity contribution >= 4 is 22.7 Å². The molecule has 4 atom stereocenters. The summed E-state index contributed by atoms with van der Waals surface area (Å²) >= 11 is 0. The van der Waals surface area contributed by atoms with Crippen molar-refractivity contribution < 1.29 is 14.3 Å². The van der Waals surface area contributed by atoms with Gasteiger partial charge in [-0.05, 0) is 79.6 Å². The number of hydrogen-bond donors (Lipinski definition) is 2. The van der Waals surface area contributed by atoms with Gasteiger partial charge in [0, 0.05) is 59.7 Å². The minimum atomic E-state index is -0.490. The Hall–Kier alpha value is -3.36. The molecule has 8 rings (SSSR count). The second kappa shape index (κ2) is 9.58. The molecular weight excluding hydrogens is 526 g/mol. The van der Waals surface area contributed by atoms with Crippen LogP contribution >= 0.6 is 0 Å². The molecule has 3 aromatic rings. The van der Waals surface area contributed by atoms with Gasteiger partial charge in [0.25, 0.3) is 5.91 Å². The van der Waals surface area contributed by atoms with E-state index in [1.165, 1.54) is 59.9 Å². The lowest BCUT2D eigenvalue weighted by Crippen LogP contribution is -2.51. The molecule has 0 spiro atoms. The number of hydrogen-bond acceptors (Lipinski definition) is 5. The number of rotatable bonds is 5. The van der Waals surface area contributed by atoms with Crippen molar-refractivity contribution in [1.82, 2.24) is 19.8 Å². The van der Waals surface area contributed by atoms with E-state index in [4.69, 9.17) is 10.6 Å². The fourth-order valence-electron chi connectivity index (χ4n) is 9.18. The maximum atomic E-state index is 14.7. The maximum absolute atomic E-state index is 14.7. The number of methoxy groups -OCH3 is 1. The number of hydrazine groups is 1. The first-order valence-corrected chi connectivity index (χ1v) is 15.9. The lowest BCUT2D eigenvalue weighted by Gasteiger charge is -2.36. The zero-order chi connectivity index (χ0) is 28.7. The molecule has 4 fully saturated rings. The molecule has 4 heterocycles. The molecule has 3 N–H and O–H groups in total. The first kappa shape index (κ1) is 26.3. The molecule has 2 amide bonds. The predicted molar refractivity (Wildman–Crippen MR) is 162 cm³/mol. The van der Waals surface area contributed by atoms with E-state index < -0.39 is 5.41 Å². The third-order valence-corrected chi connectivity index (χ3v) is 11.4. The van der Waals surface area contributed by atoms with E-state index in [1.807, 2.05) is 12.1 Å². The summed E-state index contributed by atoms with van der Waals surface area (Å²) in [4.78, 5) is 32.2. The van der Waals surface area contributed by atoms with Crippen molar-refractivity contribution in [3.63, 3.8) is 0 Å². The van der Waals surface area contributed by atoms with Gasteiger partial charge in [-0.1, -0.05) is 32.3 Å². The van der Waals surface area contributed by atoms with Crippen molar-refractivity contribution in [3.8, 4) is 17.0 Å². The highest BCUT2D eigenvalue weighted by molar-refractivity contribution is 6.01. The summed E-state index contributed by atoms with van der Waals surface area (Å²) in [6.45, 7) is 5.72. The minimum absolute atomic E-state index is 0.154. The third-order valence-electron chi connectivity index (χ3n) is 11.4. The van der Waals surface area contributed by atoms with Crippen LogP contribution < -0.4 is 16.0 Å². The van der Waals surface area contributed by atoms with Gasteiger partial charge in [0.1, 0.15) is 5.75 Å². The van der Waals surface area contributed by atoms with Gasteiger partial charge in [0.2, 0.25) is 5.91 Å². The number of aromatic nitrogens is 1. The second-order valence-electron chi connectivity index (χ2n) is 13.3. The van der Waals surface area contributed by atoms with Gasteiger partial charge < -0.3 is 14.2 Å². The van der Waals surface area contributed by atoms with E-state index >= 15 is 0 Å². The molecule has 5 aliphatic rings. The summed E-state index contributed by atoms with van der Waals surface area (Å²) in [5, 5.41) is 1.20. The number of benzene rings is 2. The molecule has 1 aromatic heterocycles. The van der Waals surface area contributed by atoms with Crippen molar-refractivity contribution in [2.75, 3.05) is 26.7 Å². The predicted octanol–water partition coefficient (Wildman–Crippen LogP) is 4.76. The molecule has 3 aliphatic heterocycles. The number of amides is 2. The average Bonchev–Trinajstić information content (AvgIpc) is 3.28. The zero-order valence-corrected chi connectivity index (χ0v) is 24.7. The van der Waals surface area contributed by atoms with Crippen LogP contribution in [0.25, 0.3) is 22.2 Å². The standard InChI is InChI=1S/C34H41N5O3/c1-3-37-17-23-14-22(37)18-38(23)33(41)34-16-28(34)27-15-24(42-2)10-12-25(27)31-30(20-7-5-4-6-8-20)26-11-9-21(32(40)36-35)13-29(26)39(31)19-34/h9-13,15,20,22-23,28H,3-8,14,16-19,35H2,1-2H3,(H,36,40). The summed E-state index contributed by atoms with van der Waals surface area (Å²) in [6, 6.07) is 13.3. The van der Waals surface area contributed by atoms with Gasteiger partial charge in [-0.15, -0.1) is 0 Å². The van der Waals surface area contributed by atoms with Crippen LogP contribution in [0.3, 0.4) is 0 Å². The van der Waals surface area contributed by atoms with Crippen molar-refractivity contribution in [3.05, 3.63) is 53.1 Å². The maximum Gasteiger partial charge on any atom is 0.265 e. The smallest absolute Gasteiger partial charge is 0.265 e. The van der Waals surface area contributed by atoms with E-state index in [2.05, 4.69) is 51.0 Å². The van der Waals surface area contributed by atoms with Crippen LogP contribution in [0.5, 0.6) is 5.75 Å². The van der Waals surface area contributed by atoms with E-state index in [1.54, 1.807) is 7.11 Å². The molecule has 0 radical (unpaired) electrons. The van der Waals surface area contributed by atoms with Crippen LogP contribution in [0, 0.1) is 5.41 Å². The number of nitrogen functional groups attached to an aromatic ring is 1. The van der Waals surface area contributed by atoms with Crippen LogP contribution in [-0.2, 0) is 11.3 Å². The fraction of sp³-hybridized carbons (Fsp3) is 0.529. The molecular formula is C34H41N5O3. The number of fused-ring (bicyclic) bond motifs is 9.